The minimum absolute atomic E-state index is 0.0111. The molecule has 0 unspecified atom stereocenters. The molecular weight excluding hydrogens is 406 g/mol. The fraction of sp³-hybridized carbons (Fsp3) is 0.208. The zero-order valence-electron chi connectivity index (χ0n) is 18.0. The van der Waals surface area contributed by atoms with Gasteiger partial charge in [0.2, 0.25) is 0 Å². The molecule has 0 fully saturated rings. The van der Waals surface area contributed by atoms with E-state index in [0.717, 1.165) is 22.5 Å². The van der Waals surface area contributed by atoms with Crippen LogP contribution in [0.25, 0.3) is 16.9 Å². The summed E-state index contributed by atoms with van der Waals surface area (Å²) < 4.78 is 7.22. The molecule has 8 nitrogen and oxygen atoms in total. The molecular formula is C24H25N5O3. The van der Waals surface area contributed by atoms with Crippen molar-refractivity contribution in [2.75, 3.05) is 25.6 Å². The number of methoxy groups -OCH3 is 1. The van der Waals surface area contributed by atoms with E-state index in [1.807, 2.05) is 60.1 Å². The maximum Gasteiger partial charge on any atom is 0.274 e. The number of aliphatic hydroxyl groups is 1. The van der Waals surface area contributed by atoms with Crippen LogP contribution in [0.3, 0.4) is 0 Å². The molecule has 0 spiro atoms. The predicted molar refractivity (Wildman–Crippen MR) is 123 cm³/mol. The monoisotopic (exact) mass is 431 g/mol. The van der Waals surface area contributed by atoms with Crippen molar-refractivity contribution in [1.82, 2.24) is 19.7 Å². The number of carbonyl (C=O) groups is 1. The highest BCUT2D eigenvalue weighted by Crippen LogP contribution is 2.23. The lowest BCUT2D eigenvalue weighted by Gasteiger charge is -2.12. The SMILES string of the molecule is COc1cnc(C(=O)Nc2ccc(-c3cn4cccc(C)c4n3)cc2)c(CNCCO)c1. The minimum atomic E-state index is -0.315. The van der Waals surface area contributed by atoms with Crippen LogP contribution in [-0.2, 0) is 6.54 Å². The largest absolute Gasteiger partial charge is 0.495 e. The number of fused-ring (bicyclic) bond motifs is 1. The van der Waals surface area contributed by atoms with Crippen molar-refractivity contribution < 1.29 is 14.6 Å². The van der Waals surface area contributed by atoms with E-state index >= 15 is 0 Å². The van der Waals surface area contributed by atoms with Crippen molar-refractivity contribution in [1.29, 1.82) is 0 Å². The molecule has 0 aliphatic heterocycles. The Morgan fingerprint density at radius 1 is 1.22 bits per heavy atom. The van der Waals surface area contributed by atoms with E-state index in [1.54, 1.807) is 13.2 Å². The first-order chi connectivity index (χ1) is 15.6. The van der Waals surface area contributed by atoms with Gasteiger partial charge in [0, 0.05) is 42.3 Å². The van der Waals surface area contributed by atoms with Gasteiger partial charge in [0.25, 0.3) is 5.91 Å². The van der Waals surface area contributed by atoms with Gasteiger partial charge in [0.1, 0.15) is 17.1 Å². The van der Waals surface area contributed by atoms with Gasteiger partial charge in [-0.1, -0.05) is 18.2 Å². The summed E-state index contributed by atoms with van der Waals surface area (Å²) in [5, 5.41) is 15.0. The van der Waals surface area contributed by atoms with Gasteiger partial charge in [-0.05, 0) is 36.8 Å². The van der Waals surface area contributed by atoms with Crippen LogP contribution >= 0.6 is 0 Å². The van der Waals surface area contributed by atoms with Crippen LogP contribution in [-0.4, -0.2) is 45.6 Å². The van der Waals surface area contributed by atoms with E-state index in [9.17, 15) is 4.79 Å². The normalized spacial score (nSPS) is 11.0. The highest BCUT2D eigenvalue weighted by molar-refractivity contribution is 6.04. The summed E-state index contributed by atoms with van der Waals surface area (Å²) >= 11 is 0. The van der Waals surface area contributed by atoms with Gasteiger partial charge >= 0.3 is 0 Å². The lowest BCUT2D eigenvalue weighted by Crippen LogP contribution is -2.22. The zero-order valence-corrected chi connectivity index (χ0v) is 18.0. The number of aliphatic hydroxyl groups excluding tert-OH is 1. The fourth-order valence-corrected chi connectivity index (χ4v) is 3.45. The Hall–Kier alpha value is -3.75. The number of aryl methyl sites for hydroxylation is 1. The van der Waals surface area contributed by atoms with Gasteiger partial charge in [-0.25, -0.2) is 9.97 Å². The molecule has 4 rings (SSSR count). The van der Waals surface area contributed by atoms with Crippen LogP contribution in [0.1, 0.15) is 21.6 Å². The van der Waals surface area contributed by atoms with E-state index in [0.29, 0.717) is 35.8 Å². The smallest absolute Gasteiger partial charge is 0.274 e. The van der Waals surface area contributed by atoms with Gasteiger partial charge in [-0.3, -0.25) is 4.79 Å². The molecule has 0 radical (unpaired) electrons. The molecule has 1 amide bonds. The van der Waals surface area contributed by atoms with Crippen molar-refractivity contribution >= 4 is 17.2 Å². The number of ether oxygens (including phenoxy) is 1. The third-order valence-corrected chi connectivity index (χ3v) is 5.11. The van der Waals surface area contributed by atoms with Gasteiger partial charge in [-0.15, -0.1) is 0 Å². The molecule has 0 aliphatic rings. The Morgan fingerprint density at radius 2 is 2.03 bits per heavy atom. The Bertz CT molecular complexity index is 1230. The Morgan fingerprint density at radius 3 is 2.75 bits per heavy atom. The molecule has 0 bridgehead atoms. The second-order valence-corrected chi connectivity index (χ2v) is 7.36. The van der Waals surface area contributed by atoms with E-state index < -0.39 is 0 Å². The second kappa shape index (κ2) is 9.59. The second-order valence-electron chi connectivity index (χ2n) is 7.36. The number of rotatable bonds is 8. The Kier molecular flexibility index (Phi) is 6.44. The number of nitrogens with one attached hydrogen (secondary N) is 2. The fourth-order valence-electron chi connectivity index (χ4n) is 3.45. The van der Waals surface area contributed by atoms with Crippen LogP contribution in [0.15, 0.2) is 61.1 Å². The lowest BCUT2D eigenvalue weighted by atomic mass is 10.1. The highest BCUT2D eigenvalue weighted by Gasteiger charge is 2.15. The van der Waals surface area contributed by atoms with Crippen molar-refractivity contribution in [3.8, 4) is 17.0 Å². The number of hydrogen-bond donors (Lipinski definition) is 3. The lowest BCUT2D eigenvalue weighted by molar-refractivity contribution is 0.102. The Labute approximate surface area is 185 Å². The number of aromatic nitrogens is 3. The number of anilines is 1. The molecule has 0 aliphatic carbocycles. The van der Waals surface area contributed by atoms with Gasteiger partial charge in [0.15, 0.2) is 0 Å². The van der Waals surface area contributed by atoms with Crippen molar-refractivity contribution in [2.45, 2.75) is 13.5 Å². The maximum absolute atomic E-state index is 12.9. The minimum Gasteiger partial charge on any atom is -0.495 e. The molecule has 0 atom stereocenters. The zero-order chi connectivity index (χ0) is 22.5. The molecule has 4 aromatic rings. The summed E-state index contributed by atoms with van der Waals surface area (Å²) in [6.45, 7) is 2.85. The van der Waals surface area contributed by atoms with Crippen LogP contribution in [0, 0.1) is 6.92 Å². The molecule has 8 heteroatoms. The number of carbonyl (C=O) groups excluding carboxylic acids is 1. The molecule has 0 saturated heterocycles. The summed E-state index contributed by atoms with van der Waals surface area (Å²) in [4.78, 5) is 21.9. The third kappa shape index (κ3) is 4.61. The van der Waals surface area contributed by atoms with Crippen molar-refractivity contribution in [2.24, 2.45) is 0 Å². The van der Waals surface area contributed by atoms with Gasteiger partial charge < -0.3 is 24.9 Å². The first-order valence-electron chi connectivity index (χ1n) is 10.3. The van der Waals surface area contributed by atoms with Crippen LogP contribution in [0.5, 0.6) is 5.75 Å². The van der Waals surface area contributed by atoms with Crippen LogP contribution in [0.2, 0.25) is 0 Å². The molecule has 3 N–H and O–H groups in total. The Balaban J connectivity index is 1.52. The average Bonchev–Trinajstić information content (AvgIpc) is 3.25. The van der Waals surface area contributed by atoms with E-state index in [4.69, 9.17) is 14.8 Å². The standard InChI is InChI=1S/C24H25N5O3/c1-16-4-3-10-29-15-21(28-23(16)29)17-5-7-19(8-6-17)27-24(31)22-18(13-25-9-11-30)12-20(32-2)14-26-22/h3-8,10,12,14-15,25,30H,9,11,13H2,1-2H3,(H,27,31). The van der Waals surface area contributed by atoms with Gasteiger partial charge in [0.05, 0.1) is 25.6 Å². The molecule has 3 aromatic heterocycles. The highest BCUT2D eigenvalue weighted by atomic mass is 16.5. The van der Waals surface area contributed by atoms with E-state index in [2.05, 4.69) is 15.6 Å². The van der Waals surface area contributed by atoms with E-state index in [-0.39, 0.29) is 12.5 Å². The number of pyridine rings is 2. The molecule has 1 aromatic carbocycles. The van der Waals surface area contributed by atoms with Crippen LogP contribution < -0.4 is 15.4 Å². The first-order valence-corrected chi connectivity index (χ1v) is 10.3. The molecule has 0 saturated carbocycles. The van der Waals surface area contributed by atoms with E-state index in [1.165, 1.54) is 6.20 Å². The number of nitrogens with zero attached hydrogens (tertiary/aromatic N) is 3. The molecule has 164 valence electrons. The summed E-state index contributed by atoms with van der Waals surface area (Å²) in [5.41, 5.74) is 5.51. The van der Waals surface area contributed by atoms with Gasteiger partial charge in [-0.2, -0.15) is 0 Å². The third-order valence-electron chi connectivity index (χ3n) is 5.11. The summed E-state index contributed by atoms with van der Waals surface area (Å²) in [6.07, 6.45) is 5.48. The summed E-state index contributed by atoms with van der Waals surface area (Å²) in [7, 11) is 1.55. The van der Waals surface area contributed by atoms with Crippen molar-refractivity contribution in [3.63, 3.8) is 0 Å². The topological polar surface area (TPSA) is 101 Å². The number of hydrogen-bond acceptors (Lipinski definition) is 6. The van der Waals surface area contributed by atoms with Crippen molar-refractivity contribution in [3.05, 3.63) is 77.9 Å². The number of imidazole rings is 1. The van der Waals surface area contributed by atoms with Crippen LogP contribution in [0.4, 0.5) is 5.69 Å². The summed E-state index contributed by atoms with van der Waals surface area (Å²) in [5.74, 6) is 0.249. The first kappa shape index (κ1) is 21.5. The quantitative estimate of drug-likeness (QED) is 0.371. The number of amides is 1. The number of benzene rings is 1. The molecule has 32 heavy (non-hydrogen) atoms. The predicted octanol–water partition coefficient (Wildman–Crippen LogP) is 3.05. The average molecular weight is 431 g/mol. The molecule has 3 heterocycles. The maximum atomic E-state index is 12.9. The summed E-state index contributed by atoms with van der Waals surface area (Å²) in [6, 6.07) is 13.3.